The van der Waals surface area contributed by atoms with Gasteiger partial charge in [0.2, 0.25) is 0 Å². The van der Waals surface area contributed by atoms with Crippen molar-refractivity contribution in [2.75, 3.05) is 29.6 Å². The van der Waals surface area contributed by atoms with E-state index in [1.165, 1.54) is 10.8 Å². The SMILES string of the molecule is [B][I-]CCCCCOc1ccc2c(c1)N(C)[C@H](C(C)C)C(=O)N[C@@H](CO)C2. The van der Waals surface area contributed by atoms with Gasteiger partial charge in [0.1, 0.15) is 0 Å². The Bertz CT molecular complexity index is 615. The molecule has 0 fully saturated rings. The van der Waals surface area contributed by atoms with E-state index < -0.39 is 0 Å². The number of halogens is 1. The molecule has 5 nitrogen and oxygen atoms in total. The molecular weight excluding hydrogens is 454 g/mol. The van der Waals surface area contributed by atoms with E-state index in [1.807, 2.05) is 37.9 Å². The summed E-state index contributed by atoms with van der Waals surface area (Å²) < 4.78 is 7.12. The van der Waals surface area contributed by atoms with Crippen LogP contribution in [0.5, 0.6) is 5.75 Å². The Labute approximate surface area is 174 Å². The second-order valence-corrected chi connectivity index (χ2v) is 9.39. The Kier molecular flexibility index (Phi) is 9.22. The van der Waals surface area contributed by atoms with Crippen LogP contribution in [0.2, 0.25) is 0 Å². The summed E-state index contributed by atoms with van der Waals surface area (Å²) in [6.07, 6.45) is 3.97. The van der Waals surface area contributed by atoms with Gasteiger partial charge in [-0.3, -0.25) is 4.79 Å². The zero-order valence-electron chi connectivity index (χ0n) is 16.6. The van der Waals surface area contributed by atoms with E-state index in [4.69, 9.17) is 10.4 Å². The van der Waals surface area contributed by atoms with Crippen molar-refractivity contribution in [3.63, 3.8) is 0 Å². The number of ether oxygens (including phenoxy) is 1. The number of nitrogens with zero attached hydrogens (tertiary/aromatic N) is 1. The van der Waals surface area contributed by atoms with Crippen LogP contribution in [0.1, 0.15) is 38.7 Å². The van der Waals surface area contributed by atoms with Crippen molar-refractivity contribution in [2.24, 2.45) is 5.92 Å². The van der Waals surface area contributed by atoms with Gasteiger partial charge < -0.3 is 10.4 Å². The molecule has 2 N–H and O–H groups in total. The number of aliphatic hydroxyl groups excluding tert-OH is 1. The van der Waals surface area contributed by atoms with Crippen LogP contribution in [0.3, 0.4) is 0 Å². The summed E-state index contributed by atoms with van der Waals surface area (Å²) in [6, 6.07) is 5.53. The summed E-state index contributed by atoms with van der Waals surface area (Å²) in [7, 11) is 1.96. The van der Waals surface area contributed by atoms with Crippen LogP contribution < -0.4 is 35.9 Å². The molecule has 2 radical (unpaired) electrons. The molecule has 1 aliphatic rings. The molecule has 150 valence electrons. The summed E-state index contributed by atoms with van der Waals surface area (Å²) in [5.41, 5.74) is 7.75. The van der Waals surface area contributed by atoms with Gasteiger partial charge in [-0.2, -0.15) is 0 Å². The summed E-state index contributed by atoms with van der Waals surface area (Å²) in [6.45, 7) is 4.71. The van der Waals surface area contributed by atoms with E-state index in [9.17, 15) is 9.90 Å². The van der Waals surface area contributed by atoms with Crippen molar-refractivity contribution >= 4 is 17.3 Å². The number of carbonyl (C=O) groups is 1. The van der Waals surface area contributed by atoms with Gasteiger partial charge in [0.25, 0.3) is 0 Å². The van der Waals surface area contributed by atoms with Crippen LogP contribution in [-0.2, 0) is 11.2 Å². The zero-order valence-corrected chi connectivity index (χ0v) is 18.7. The first-order chi connectivity index (χ1) is 13.0. The van der Waals surface area contributed by atoms with E-state index in [1.54, 1.807) is 0 Å². The average Bonchev–Trinajstić information content (AvgIpc) is 2.63. The van der Waals surface area contributed by atoms with Crippen LogP contribution in [0, 0.1) is 5.92 Å². The summed E-state index contributed by atoms with van der Waals surface area (Å²) >= 11 is -0.0917. The van der Waals surface area contributed by atoms with Crippen molar-refractivity contribution in [1.82, 2.24) is 5.32 Å². The number of amides is 1. The topological polar surface area (TPSA) is 61.8 Å². The number of likely N-dealkylation sites (N-methyl/N-ethyl adjacent to an activating group) is 1. The maximum absolute atomic E-state index is 12.7. The van der Waals surface area contributed by atoms with E-state index >= 15 is 0 Å². The number of anilines is 1. The number of hydrogen-bond donors (Lipinski definition) is 2. The molecule has 0 unspecified atom stereocenters. The molecule has 1 aromatic carbocycles. The molecule has 1 aliphatic heterocycles. The molecule has 2 rings (SSSR count). The molecule has 1 heterocycles. The fraction of sp³-hybridized carbons (Fsp3) is 0.650. The quantitative estimate of drug-likeness (QED) is 0.202. The molecule has 0 aliphatic carbocycles. The number of aliphatic hydroxyl groups is 1. The Morgan fingerprint density at radius 3 is 2.81 bits per heavy atom. The number of carbonyl (C=O) groups excluding carboxylic acids is 1. The number of rotatable bonds is 9. The number of fused-ring (bicyclic) bond motifs is 1. The number of nitrogens with one attached hydrogen (secondary N) is 1. The third kappa shape index (κ3) is 6.27. The predicted octanol–water partition coefficient (Wildman–Crippen LogP) is -1.10. The Morgan fingerprint density at radius 1 is 1.37 bits per heavy atom. The molecule has 2 atom stereocenters. The van der Waals surface area contributed by atoms with Crippen LogP contribution in [-0.4, -0.2) is 53.5 Å². The van der Waals surface area contributed by atoms with Gasteiger partial charge in [0.15, 0.2) is 0 Å². The zero-order chi connectivity index (χ0) is 19.8. The first kappa shape index (κ1) is 22.3. The third-order valence-corrected chi connectivity index (χ3v) is 6.33. The molecule has 0 bridgehead atoms. The van der Waals surface area contributed by atoms with Gasteiger partial charge in [0, 0.05) is 0 Å². The van der Waals surface area contributed by atoms with Crippen LogP contribution >= 0.6 is 0 Å². The Balaban J connectivity index is 2.15. The number of hydrogen-bond acceptors (Lipinski definition) is 4. The molecule has 1 aromatic rings. The second kappa shape index (κ2) is 11.1. The molecule has 1 amide bonds. The second-order valence-electron chi connectivity index (χ2n) is 7.43. The predicted molar refractivity (Wildman–Crippen MR) is 106 cm³/mol. The molecule has 0 spiro atoms. The molecule has 27 heavy (non-hydrogen) atoms. The fourth-order valence-corrected chi connectivity index (χ4v) is 4.54. The molecule has 0 saturated carbocycles. The minimum absolute atomic E-state index is 0.0359. The average molecular weight is 485 g/mol. The van der Waals surface area contributed by atoms with Crippen molar-refractivity contribution in [3.05, 3.63) is 23.8 Å². The number of alkyl halides is 1. The Hall–Kier alpha value is -0.955. The van der Waals surface area contributed by atoms with Crippen molar-refractivity contribution in [2.45, 2.75) is 51.6 Å². The van der Waals surface area contributed by atoms with Gasteiger partial charge in [-0.05, 0) is 0 Å². The fourth-order valence-electron chi connectivity index (χ4n) is 3.56. The monoisotopic (exact) mass is 485 g/mol. The summed E-state index contributed by atoms with van der Waals surface area (Å²) in [4.78, 5) is 14.7. The molecule has 0 saturated heterocycles. The first-order valence-corrected chi connectivity index (χ1v) is 12.4. The van der Waals surface area contributed by atoms with Crippen LogP contribution in [0.15, 0.2) is 18.2 Å². The van der Waals surface area contributed by atoms with Gasteiger partial charge >= 0.3 is 139 Å². The summed E-state index contributed by atoms with van der Waals surface area (Å²) in [5, 5.41) is 12.6. The van der Waals surface area contributed by atoms with Gasteiger partial charge in [-0.25, -0.2) is 0 Å². The molecular formula is C20H31BIN2O3-. The van der Waals surface area contributed by atoms with E-state index in [-0.39, 0.29) is 51.5 Å². The number of unbranched alkanes of at least 4 members (excludes halogenated alkanes) is 2. The molecule has 0 aromatic heterocycles. The van der Waals surface area contributed by atoms with Crippen molar-refractivity contribution < 1.29 is 35.6 Å². The van der Waals surface area contributed by atoms with E-state index in [0.717, 1.165) is 29.8 Å². The van der Waals surface area contributed by atoms with E-state index in [2.05, 4.69) is 11.4 Å². The minimum atomic E-state index is -0.284. The van der Waals surface area contributed by atoms with Crippen LogP contribution in [0.4, 0.5) is 5.69 Å². The first-order valence-electron chi connectivity index (χ1n) is 9.65. The van der Waals surface area contributed by atoms with Gasteiger partial charge in [-0.15, -0.1) is 0 Å². The number of benzene rings is 1. The maximum atomic E-state index is 12.7. The van der Waals surface area contributed by atoms with Gasteiger partial charge in [-0.1, -0.05) is 13.8 Å². The Morgan fingerprint density at radius 2 is 2.15 bits per heavy atom. The van der Waals surface area contributed by atoms with Gasteiger partial charge in [0.05, 0.1) is 6.61 Å². The van der Waals surface area contributed by atoms with Crippen LogP contribution in [0.25, 0.3) is 0 Å². The van der Waals surface area contributed by atoms with E-state index in [0.29, 0.717) is 13.0 Å². The normalized spacial score (nSPS) is 20.2. The standard InChI is InChI=1S/C20H31BIN2O3/c1-14(2)19-20(26)23-16(13-25)11-15-7-8-17(12-18(15)24(19)3)27-10-6-4-5-9-22-21/h7-8,12,14,16,19,25H,4-6,9-11,13H2,1-3H3,(H,23,26)/q-1/t16-,19-/m1/s1. The third-order valence-electron chi connectivity index (χ3n) is 4.94. The molecule has 7 heteroatoms. The van der Waals surface area contributed by atoms with Crippen molar-refractivity contribution in [1.29, 1.82) is 0 Å². The summed E-state index contributed by atoms with van der Waals surface area (Å²) in [5.74, 6) is 0.942. The van der Waals surface area contributed by atoms with Crippen molar-refractivity contribution in [3.8, 4) is 5.75 Å².